The molecule has 3 rings (SSSR count). The molecule has 0 radical (unpaired) electrons. The highest BCUT2D eigenvalue weighted by Crippen LogP contribution is 2.22. The molecule has 126 valence electrons. The molecule has 1 aliphatic carbocycles. The summed E-state index contributed by atoms with van der Waals surface area (Å²) in [5.41, 5.74) is 2.31. The predicted molar refractivity (Wildman–Crippen MR) is 97.0 cm³/mol. The fourth-order valence-electron chi connectivity index (χ4n) is 3.06. The van der Waals surface area contributed by atoms with Crippen molar-refractivity contribution in [3.05, 3.63) is 41.2 Å². The molecule has 1 fully saturated rings. The fourth-order valence-corrected chi connectivity index (χ4v) is 3.32. The Hall–Kier alpha value is -2.21. The lowest BCUT2D eigenvalue weighted by Crippen LogP contribution is -2.54. The van der Waals surface area contributed by atoms with Gasteiger partial charge in [0.05, 0.1) is 0 Å². The topological polar surface area (TPSA) is 54.3 Å². The van der Waals surface area contributed by atoms with E-state index in [1.54, 1.807) is 6.08 Å². The molecule has 2 amide bonds. The van der Waals surface area contributed by atoms with Crippen molar-refractivity contribution in [2.45, 2.75) is 32.1 Å². The largest absolute Gasteiger partial charge is 0.351 e. The standard InChI is InChI=1S/C18H21N3O2S/c1-20-10-5-8-14(20)12-15-16(22)19-18(24)21(17(15)23)11-9-13-6-3-2-4-7-13/h5-6,8,10,12H,2-4,7,9,11H2,1H3,(H,19,22,24)/b15-12+. The number of allylic oxidation sites excluding steroid dienone is 1. The molecule has 0 bridgehead atoms. The van der Waals surface area contributed by atoms with Crippen molar-refractivity contribution in [2.24, 2.45) is 7.05 Å². The zero-order valence-electron chi connectivity index (χ0n) is 13.7. The van der Waals surface area contributed by atoms with Gasteiger partial charge in [-0.3, -0.25) is 19.8 Å². The third kappa shape index (κ3) is 3.48. The lowest BCUT2D eigenvalue weighted by atomic mass is 9.97. The number of nitrogens with zero attached hydrogens (tertiary/aromatic N) is 2. The van der Waals surface area contributed by atoms with Crippen molar-refractivity contribution >= 4 is 35.2 Å². The van der Waals surface area contributed by atoms with Crippen molar-refractivity contribution in [2.75, 3.05) is 6.54 Å². The van der Waals surface area contributed by atoms with E-state index >= 15 is 0 Å². The van der Waals surface area contributed by atoms with Crippen molar-refractivity contribution in [1.29, 1.82) is 0 Å². The first-order valence-corrected chi connectivity index (χ1v) is 8.65. The number of hydrogen-bond acceptors (Lipinski definition) is 3. The summed E-state index contributed by atoms with van der Waals surface area (Å²) in [5.74, 6) is -0.749. The van der Waals surface area contributed by atoms with Crippen molar-refractivity contribution in [1.82, 2.24) is 14.8 Å². The molecule has 1 aromatic rings. The van der Waals surface area contributed by atoms with Crippen molar-refractivity contribution in [3.8, 4) is 0 Å². The van der Waals surface area contributed by atoms with Crippen LogP contribution in [0.5, 0.6) is 0 Å². The Bertz CT molecular complexity index is 745. The number of aryl methyl sites for hydroxylation is 1. The Labute approximate surface area is 147 Å². The summed E-state index contributed by atoms with van der Waals surface area (Å²) < 4.78 is 1.86. The zero-order valence-corrected chi connectivity index (χ0v) is 14.6. The first-order chi connectivity index (χ1) is 11.6. The number of carbonyl (C=O) groups is 2. The van der Waals surface area contributed by atoms with Crippen LogP contribution in [0.3, 0.4) is 0 Å². The van der Waals surface area contributed by atoms with Crippen LogP contribution in [0.2, 0.25) is 0 Å². The minimum Gasteiger partial charge on any atom is -0.351 e. The van der Waals surface area contributed by atoms with Crippen LogP contribution >= 0.6 is 12.2 Å². The molecule has 1 aliphatic heterocycles. The van der Waals surface area contributed by atoms with Gasteiger partial charge in [0, 0.05) is 25.5 Å². The second kappa shape index (κ2) is 7.13. The molecule has 2 aliphatic rings. The Morgan fingerprint density at radius 3 is 2.83 bits per heavy atom. The first kappa shape index (κ1) is 16.6. The predicted octanol–water partition coefficient (Wildman–Crippen LogP) is 2.54. The molecule has 1 aromatic heterocycles. The summed E-state index contributed by atoms with van der Waals surface area (Å²) in [6.45, 7) is 0.508. The van der Waals surface area contributed by atoms with Crippen LogP contribution in [0.4, 0.5) is 0 Å². The van der Waals surface area contributed by atoms with Gasteiger partial charge in [0.25, 0.3) is 11.8 Å². The van der Waals surface area contributed by atoms with Gasteiger partial charge in [-0.05, 0) is 62.5 Å². The molecule has 6 heteroatoms. The van der Waals surface area contributed by atoms with Crippen molar-refractivity contribution in [3.63, 3.8) is 0 Å². The van der Waals surface area contributed by atoms with E-state index in [2.05, 4.69) is 11.4 Å². The van der Waals surface area contributed by atoms with E-state index in [0.717, 1.165) is 25.0 Å². The maximum absolute atomic E-state index is 12.7. The van der Waals surface area contributed by atoms with E-state index in [0.29, 0.717) is 6.54 Å². The Morgan fingerprint density at radius 1 is 1.33 bits per heavy atom. The molecule has 0 atom stereocenters. The minimum atomic E-state index is -0.431. The lowest BCUT2D eigenvalue weighted by molar-refractivity contribution is -0.128. The van der Waals surface area contributed by atoms with Crippen LogP contribution in [-0.4, -0.2) is 32.9 Å². The van der Waals surface area contributed by atoms with Crippen LogP contribution in [0, 0.1) is 0 Å². The summed E-state index contributed by atoms with van der Waals surface area (Å²) in [6, 6.07) is 3.73. The van der Waals surface area contributed by atoms with Crippen LogP contribution < -0.4 is 5.32 Å². The second-order valence-electron chi connectivity index (χ2n) is 6.18. The second-order valence-corrected chi connectivity index (χ2v) is 6.56. The number of nitrogens with one attached hydrogen (secondary N) is 1. The molecular weight excluding hydrogens is 322 g/mol. The number of hydrogen-bond donors (Lipinski definition) is 1. The minimum absolute atomic E-state index is 0.128. The molecule has 0 aromatic carbocycles. The fraction of sp³-hybridized carbons (Fsp3) is 0.389. The quantitative estimate of drug-likeness (QED) is 0.396. The molecular formula is C18H21N3O2S. The van der Waals surface area contributed by atoms with Gasteiger partial charge in [-0.25, -0.2) is 0 Å². The van der Waals surface area contributed by atoms with E-state index in [1.807, 2.05) is 29.9 Å². The highest BCUT2D eigenvalue weighted by molar-refractivity contribution is 7.80. The summed E-state index contributed by atoms with van der Waals surface area (Å²) in [6.07, 6.45) is 11.2. The first-order valence-electron chi connectivity index (χ1n) is 8.24. The van der Waals surface area contributed by atoms with Crippen LogP contribution in [0.25, 0.3) is 6.08 Å². The molecule has 0 saturated carbocycles. The van der Waals surface area contributed by atoms with E-state index in [4.69, 9.17) is 12.2 Å². The average molecular weight is 343 g/mol. The maximum Gasteiger partial charge on any atom is 0.265 e. The van der Waals surface area contributed by atoms with Gasteiger partial charge in [0.15, 0.2) is 5.11 Å². The number of aromatic nitrogens is 1. The normalized spacial score (nSPS) is 20.4. The average Bonchev–Trinajstić information content (AvgIpc) is 2.97. The third-order valence-electron chi connectivity index (χ3n) is 4.50. The Morgan fingerprint density at radius 2 is 2.17 bits per heavy atom. The molecule has 1 N–H and O–H groups in total. The Kier molecular flexibility index (Phi) is 4.94. The SMILES string of the molecule is Cn1cccc1/C=C1\C(=O)NC(=S)N(CCC2=CCCCC2)C1=O. The van der Waals surface area contributed by atoms with Gasteiger partial charge in [-0.2, -0.15) is 0 Å². The molecule has 0 unspecified atom stereocenters. The van der Waals surface area contributed by atoms with Crippen LogP contribution in [-0.2, 0) is 16.6 Å². The number of rotatable bonds is 4. The smallest absolute Gasteiger partial charge is 0.265 e. The monoisotopic (exact) mass is 343 g/mol. The highest BCUT2D eigenvalue weighted by atomic mass is 32.1. The van der Waals surface area contributed by atoms with Gasteiger partial charge < -0.3 is 4.57 Å². The number of carbonyl (C=O) groups excluding carboxylic acids is 2. The summed E-state index contributed by atoms with van der Waals surface area (Å²) >= 11 is 5.20. The molecule has 2 heterocycles. The van der Waals surface area contributed by atoms with Crippen LogP contribution in [0.1, 0.15) is 37.8 Å². The van der Waals surface area contributed by atoms with Gasteiger partial charge in [-0.15, -0.1) is 0 Å². The number of amides is 2. The summed E-state index contributed by atoms with van der Waals surface area (Å²) in [5, 5.41) is 2.83. The molecule has 1 saturated heterocycles. The third-order valence-corrected chi connectivity index (χ3v) is 4.83. The van der Waals surface area contributed by atoms with E-state index < -0.39 is 5.91 Å². The zero-order chi connectivity index (χ0) is 17.1. The van der Waals surface area contributed by atoms with E-state index in [1.165, 1.54) is 23.3 Å². The van der Waals surface area contributed by atoms with Gasteiger partial charge in [0.1, 0.15) is 5.57 Å². The molecule has 24 heavy (non-hydrogen) atoms. The van der Waals surface area contributed by atoms with E-state index in [9.17, 15) is 9.59 Å². The lowest BCUT2D eigenvalue weighted by Gasteiger charge is -2.29. The van der Waals surface area contributed by atoms with Gasteiger partial charge in [0.2, 0.25) is 0 Å². The highest BCUT2D eigenvalue weighted by Gasteiger charge is 2.33. The maximum atomic E-state index is 12.7. The molecule has 5 nitrogen and oxygen atoms in total. The summed E-state index contributed by atoms with van der Waals surface area (Å²) in [4.78, 5) is 26.4. The van der Waals surface area contributed by atoms with E-state index in [-0.39, 0.29) is 16.6 Å². The number of thiocarbonyl (C=S) groups is 1. The molecule has 0 spiro atoms. The summed E-state index contributed by atoms with van der Waals surface area (Å²) in [7, 11) is 1.87. The Balaban J connectivity index is 1.77. The van der Waals surface area contributed by atoms with Crippen molar-refractivity contribution < 1.29 is 9.59 Å². The van der Waals surface area contributed by atoms with Gasteiger partial charge in [-0.1, -0.05) is 11.6 Å². The van der Waals surface area contributed by atoms with Crippen LogP contribution in [0.15, 0.2) is 35.6 Å². The van der Waals surface area contributed by atoms with Gasteiger partial charge >= 0.3 is 0 Å².